The smallest absolute Gasteiger partial charge is 0.337 e. The van der Waals surface area contributed by atoms with E-state index in [1.54, 1.807) is 18.2 Å². The third-order valence-electron chi connectivity index (χ3n) is 1.78. The molecule has 0 bridgehead atoms. The molecule has 78 valence electrons. The lowest BCUT2D eigenvalue weighted by atomic mass is 10.1. The number of carboxylic acids is 1. The van der Waals surface area contributed by atoms with E-state index in [2.05, 4.69) is 0 Å². The molecular formula is C9H13ClN2O2. The molecular weight excluding hydrogens is 204 g/mol. The standard InChI is InChI=1S/C9H12N2O2.ClH/c1-11(2)6-3-4-8(10)7(5-6)9(12)13;/h3-5H,10H2,1-2H3,(H,12,13);1H. The minimum absolute atomic E-state index is 0. The molecule has 4 nitrogen and oxygen atoms in total. The molecule has 0 aliphatic rings. The van der Waals surface area contributed by atoms with Crippen molar-refractivity contribution < 1.29 is 9.90 Å². The molecule has 0 spiro atoms. The van der Waals surface area contributed by atoms with E-state index in [1.165, 1.54) is 0 Å². The summed E-state index contributed by atoms with van der Waals surface area (Å²) >= 11 is 0. The molecule has 0 atom stereocenters. The molecule has 0 amide bonds. The molecule has 0 aliphatic carbocycles. The molecule has 0 radical (unpaired) electrons. The highest BCUT2D eigenvalue weighted by Crippen LogP contribution is 2.19. The molecule has 5 heteroatoms. The fourth-order valence-electron chi connectivity index (χ4n) is 1.01. The highest BCUT2D eigenvalue weighted by atomic mass is 35.5. The van der Waals surface area contributed by atoms with Crippen LogP contribution in [0.4, 0.5) is 11.4 Å². The summed E-state index contributed by atoms with van der Waals surface area (Å²) < 4.78 is 0. The first-order chi connectivity index (χ1) is 6.02. The molecule has 14 heavy (non-hydrogen) atoms. The molecule has 0 saturated heterocycles. The molecule has 0 unspecified atom stereocenters. The van der Waals surface area contributed by atoms with Crippen molar-refractivity contribution in [3.8, 4) is 0 Å². The molecule has 1 aromatic rings. The topological polar surface area (TPSA) is 66.6 Å². The SMILES string of the molecule is CN(C)c1ccc(N)c(C(=O)O)c1.Cl. The van der Waals surface area contributed by atoms with Crippen molar-refractivity contribution in [1.82, 2.24) is 0 Å². The average Bonchev–Trinajstić information content (AvgIpc) is 2.04. The van der Waals surface area contributed by atoms with Crippen molar-refractivity contribution in [2.45, 2.75) is 0 Å². The Balaban J connectivity index is 0.00000169. The van der Waals surface area contributed by atoms with Crippen molar-refractivity contribution in [1.29, 1.82) is 0 Å². The van der Waals surface area contributed by atoms with E-state index >= 15 is 0 Å². The van der Waals surface area contributed by atoms with Gasteiger partial charge in [-0.2, -0.15) is 0 Å². The zero-order valence-corrected chi connectivity index (χ0v) is 8.84. The van der Waals surface area contributed by atoms with Crippen LogP contribution >= 0.6 is 12.4 Å². The van der Waals surface area contributed by atoms with Crippen molar-refractivity contribution in [3.63, 3.8) is 0 Å². The first kappa shape index (κ1) is 12.6. The van der Waals surface area contributed by atoms with Crippen LogP contribution in [0, 0.1) is 0 Å². The molecule has 0 fully saturated rings. The number of nitrogens with zero attached hydrogens (tertiary/aromatic N) is 1. The number of hydrogen-bond acceptors (Lipinski definition) is 3. The second kappa shape index (κ2) is 4.72. The highest BCUT2D eigenvalue weighted by molar-refractivity contribution is 5.94. The van der Waals surface area contributed by atoms with Gasteiger partial charge < -0.3 is 15.7 Å². The predicted molar refractivity (Wildman–Crippen MR) is 59.4 cm³/mol. The largest absolute Gasteiger partial charge is 0.478 e. The Kier molecular flexibility index (Phi) is 4.24. The summed E-state index contributed by atoms with van der Waals surface area (Å²) in [5.41, 5.74) is 6.75. The van der Waals surface area contributed by atoms with Gasteiger partial charge in [-0.15, -0.1) is 12.4 Å². The Morgan fingerprint density at radius 2 is 2.00 bits per heavy atom. The lowest BCUT2D eigenvalue weighted by molar-refractivity contribution is 0.0698. The maximum atomic E-state index is 10.7. The Hall–Kier alpha value is -1.42. The van der Waals surface area contributed by atoms with Gasteiger partial charge in [-0.05, 0) is 18.2 Å². The minimum Gasteiger partial charge on any atom is -0.478 e. The summed E-state index contributed by atoms with van der Waals surface area (Å²) in [6.07, 6.45) is 0. The van der Waals surface area contributed by atoms with E-state index in [0.29, 0.717) is 0 Å². The maximum Gasteiger partial charge on any atom is 0.337 e. The van der Waals surface area contributed by atoms with Gasteiger partial charge in [0.05, 0.1) is 5.56 Å². The van der Waals surface area contributed by atoms with Crippen LogP contribution in [-0.2, 0) is 0 Å². The number of nitrogen functional groups attached to an aromatic ring is 1. The Morgan fingerprint density at radius 1 is 1.43 bits per heavy atom. The van der Waals surface area contributed by atoms with Gasteiger partial charge in [-0.3, -0.25) is 0 Å². The maximum absolute atomic E-state index is 10.7. The van der Waals surface area contributed by atoms with Crippen molar-refractivity contribution >= 4 is 29.8 Å². The van der Waals surface area contributed by atoms with Crippen LogP contribution in [0.3, 0.4) is 0 Å². The first-order valence-corrected chi connectivity index (χ1v) is 3.82. The predicted octanol–water partition coefficient (Wildman–Crippen LogP) is 1.45. The number of carbonyl (C=O) groups is 1. The summed E-state index contributed by atoms with van der Waals surface area (Å²) in [4.78, 5) is 12.5. The van der Waals surface area contributed by atoms with Gasteiger partial charge in [0.2, 0.25) is 0 Å². The van der Waals surface area contributed by atoms with E-state index in [-0.39, 0.29) is 23.7 Å². The number of rotatable bonds is 2. The number of nitrogens with two attached hydrogens (primary N) is 1. The first-order valence-electron chi connectivity index (χ1n) is 3.82. The number of hydrogen-bond donors (Lipinski definition) is 2. The van der Waals surface area contributed by atoms with Crippen molar-refractivity contribution in [3.05, 3.63) is 23.8 Å². The van der Waals surface area contributed by atoms with Gasteiger partial charge in [0.25, 0.3) is 0 Å². The highest BCUT2D eigenvalue weighted by Gasteiger charge is 2.08. The normalized spacial score (nSPS) is 9.00. The van der Waals surface area contributed by atoms with Crippen molar-refractivity contribution in [2.75, 3.05) is 24.7 Å². The van der Waals surface area contributed by atoms with Crippen LogP contribution in [-0.4, -0.2) is 25.2 Å². The fraction of sp³-hybridized carbons (Fsp3) is 0.222. The summed E-state index contributed by atoms with van der Waals surface area (Å²) in [5, 5.41) is 8.77. The van der Waals surface area contributed by atoms with Crippen molar-refractivity contribution in [2.24, 2.45) is 0 Å². The molecule has 0 heterocycles. The van der Waals surface area contributed by atoms with Crippen LogP contribution in [0.5, 0.6) is 0 Å². The number of aromatic carboxylic acids is 1. The number of anilines is 2. The average molecular weight is 217 g/mol. The van der Waals surface area contributed by atoms with Crippen LogP contribution in [0.25, 0.3) is 0 Å². The van der Waals surface area contributed by atoms with Gasteiger partial charge in [-0.1, -0.05) is 0 Å². The van der Waals surface area contributed by atoms with E-state index in [9.17, 15) is 4.79 Å². The Labute approximate surface area is 88.7 Å². The Morgan fingerprint density at radius 3 is 2.43 bits per heavy atom. The molecule has 1 rings (SSSR count). The van der Waals surface area contributed by atoms with Crippen LogP contribution in [0.15, 0.2) is 18.2 Å². The second-order valence-electron chi connectivity index (χ2n) is 2.97. The van der Waals surface area contributed by atoms with E-state index in [0.717, 1.165) is 5.69 Å². The summed E-state index contributed by atoms with van der Waals surface area (Å²) in [6.45, 7) is 0. The van der Waals surface area contributed by atoms with Crippen LogP contribution < -0.4 is 10.6 Å². The van der Waals surface area contributed by atoms with Gasteiger partial charge >= 0.3 is 5.97 Å². The number of carboxylic acid groups (broad SMARTS) is 1. The second-order valence-corrected chi connectivity index (χ2v) is 2.97. The van der Waals surface area contributed by atoms with Gasteiger partial charge in [0, 0.05) is 25.5 Å². The van der Waals surface area contributed by atoms with E-state index < -0.39 is 5.97 Å². The molecule has 1 aromatic carbocycles. The summed E-state index contributed by atoms with van der Waals surface area (Å²) in [6, 6.07) is 4.93. The summed E-state index contributed by atoms with van der Waals surface area (Å²) in [7, 11) is 3.69. The summed E-state index contributed by atoms with van der Waals surface area (Å²) in [5.74, 6) is -0.999. The van der Waals surface area contributed by atoms with Crippen LogP contribution in [0.1, 0.15) is 10.4 Å². The lowest BCUT2D eigenvalue weighted by Gasteiger charge is -2.13. The zero-order chi connectivity index (χ0) is 10.0. The molecule has 0 saturated carbocycles. The van der Waals surface area contributed by atoms with Gasteiger partial charge in [0.1, 0.15) is 0 Å². The Bertz CT molecular complexity index is 340. The van der Waals surface area contributed by atoms with E-state index in [1.807, 2.05) is 19.0 Å². The lowest BCUT2D eigenvalue weighted by Crippen LogP contribution is -2.11. The molecule has 3 N–H and O–H groups in total. The third kappa shape index (κ3) is 2.53. The van der Waals surface area contributed by atoms with Gasteiger partial charge in [-0.25, -0.2) is 4.79 Å². The van der Waals surface area contributed by atoms with Gasteiger partial charge in [0.15, 0.2) is 0 Å². The monoisotopic (exact) mass is 216 g/mol. The quantitative estimate of drug-likeness (QED) is 0.735. The minimum atomic E-state index is -0.999. The fourth-order valence-corrected chi connectivity index (χ4v) is 1.01. The molecule has 0 aromatic heterocycles. The van der Waals surface area contributed by atoms with E-state index in [4.69, 9.17) is 10.8 Å². The number of benzene rings is 1. The molecule has 0 aliphatic heterocycles. The zero-order valence-electron chi connectivity index (χ0n) is 8.02. The third-order valence-corrected chi connectivity index (χ3v) is 1.78. The number of halogens is 1. The van der Waals surface area contributed by atoms with Crippen LogP contribution in [0.2, 0.25) is 0 Å².